The van der Waals surface area contributed by atoms with Crippen LogP contribution in [0, 0.1) is 0 Å². The van der Waals surface area contributed by atoms with Gasteiger partial charge >= 0.3 is 0 Å². The lowest BCUT2D eigenvalue weighted by atomic mass is 10.1. The van der Waals surface area contributed by atoms with Gasteiger partial charge in [0, 0.05) is 12.6 Å². The van der Waals surface area contributed by atoms with Crippen molar-refractivity contribution in [3.8, 4) is 0 Å². The number of unbranched alkanes of at least 4 members (excludes halogenated alkanes) is 4. The van der Waals surface area contributed by atoms with E-state index in [0.29, 0.717) is 12.0 Å². The first-order chi connectivity index (χ1) is 10.6. The Labute approximate surface area is 137 Å². The van der Waals surface area contributed by atoms with Crippen LogP contribution in [0.3, 0.4) is 0 Å². The molecular weight excluding hydrogens is 274 g/mol. The van der Waals surface area contributed by atoms with Crippen LogP contribution >= 0.6 is 0 Å². The van der Waals surface area contributed by atoms with Crippen LogP contribution in [-0.2, 0) is 0 Å². The van der Waals surface area contributed by atoms with E-state index >= 15 is 0 Å². The molecule has 1 aliphatic heterocycles. The van der Waals surface area contributed by atoms with E-state index in [1.165, 1.54) is 58.0 Å². The Morgan fingerprint density at radius 3 is 2.68 bits per heavy atom. The van der Waals surface area contributed by atoms with Crippen molar-refractivity contribution in [3.63, 3.8) is 0 Å². The standard InChI is InChI=1S/C17H37N5/c1-4-22-14-10-11-16(22)15-20-17(18)19-12-8-6-5-7-9-13-21(2)3/h16H,4-15H2,1-3H3,(H3,18,19,20). The number of hydrogen-bond donors (Lipinski definition) is 2. The molecule has 5 nitrogen and oxygen atoms in total. The lowest BCUT2D eigenvalue weighted by Gasteiger charge is -2.20. The number of hydrogen-bond acceptors (Lipinski definition) is 3. The fourth-order valence-electron chi connectivity index (χ4n) is 3.08. The molecule has 22 heavy (non-hydrogen) atoms. The number of nitrogens with zero attached hydrogens (tertiary/aromatic N) is 3. The van der Waals surface area contributed by atoms with E-state index in [-0.39, 0.29) is 0 Å². The molecule has 0 spiro atoms. The number of nitrogens with one attached hydrogen (secondary N) is 1. The average Bonchev–Trinajstić information content (AvgIpc) is 2.95. The molecular formula is C17H37N5. The summed E-state index contributed by atoms with van der Waals surface area (Å²) in [7, 11) is 4.27. The van der Waals surface area contributed by atoms with Crippen molar-refractivity contribution in [2.75, 3.05) is 46.8 Å². The van der Waals surface area contributed by atoms with E-state index in [0.717, 1.165) is 19.6 Å². The van der Waals surface area contributed by atoms with Crippen LogP contribution in [0.25, 0.3) is 0 Å². The van der Waals surface area contributed by atoms with Gasteiger partial charge in [-0.1, -0.05) is 26.2 Å². The number of guanidine groups is 1. The second-order valence-corrected chi connectivity index (χ2v) is 6.65. The molecule has 1 heterocycles. The second kappa shape index (κ2) is 11.7. The maximum atomic E-state index is 5.95. The van der Waals surface area contributed by atoms with Gasteiger partial charge in [0.05, 0.1) is 6.54 Å². The molecule has 1 unspecified atom stereocenters. The predicted octanol–water partition coefficient (Wildman–Crippen LogP) is 1.89. The zero-order valence-corrected chi connectivity index (χ0v) is 15.0. The first kappa shape index (κ1) is 19.2. The highest BCUT2D eigenvalue weighted by molar-refractivity contribution is 5.77. The molecule has 1 fully saturated rings. The van der Waals surface area contributed by atoms with Gasteiger partial charge in [-0.15, -0.1) is 0 Å². The summed E-state index contributed by atoms with van der Waals surface area (Å²) < 4.78 is 0. The van der Waals surface area contributed by atoms with Crippen LogP contribution in [0.1, 0.15) is 51.9 Å². The minimum Gasteiger partial charge on any atom is -0.370 e. The third-order valence-corrected chi connectivity index (χ3v) is 4.47. The number of likely N-dealkylation sites (N-methyl/N-ethyl adjacent to an activating group) is 1. The highest BCUT2D eigenvalue weighted by atomic mass is 15.2. The molecule has 3 N–H and O–H groups in total. The van der Waals surface area contributed by atoms with Gasteiger partial charge in [-0.2, -0.15) is 0 Å². The van der Waals surface area contributed by atoms with Gasteiger partial charge in [0.2, 0.25) is 0 Å². The maximum Gasteiger partial charge on any atom is 0.188 e. The Kier molecular flexibility index (Phi) is 10.2. The summed E-state index contributed by atoms with van der Waals surface area (Å²) in [6.45, 7) is 7.57. The van der Waals surface area contributed by atoms with Crippen LogP contribution < -0.4 is 11.1 Å². The average molecular weight is 312 g/mol. The number of nitrogens with two attached hydrogens (primary N) is 1. The molecule has 0 amide bonds. The molecule has 0 aromatic carbocycles. The van der Waals surface area contributed by atoms with Crippen molar-refractivity contribution in [3.05, 3.63) is 0 Å². The highest BCUT2D eigenvalue weighted by Crippen LogP contribution is 2.16. The fourth-order valence-corrected chi connectivity index (χ4v) is 3.08. The molecule has 5 heteroatoms. The van der Waals surface area contributed by atoms with E-state index in [9.17, 15) is 0 Å². The topological polar surface area (TPSA) is 56.9 Å². The van der Waals surface area contributed by atoms with Gasteiger partial charge in [0.1, 0.15) is 0 Å². The normalized spacial score (nSPS) is 20.0. The van der Waals surface area contributed by atoms with Crippen LogP contribution in [-0.4, -0.2) is 68.6 Å². The van der Waals surface area contributed by atoms with Crippen molar-refractivity contribution < 1.29 is 0 Å². The Hall–Kier alpha value is -0.810. The largest absolute Gasteiger partial charge is 0.370 e. The number of likely N-dealkylation sites (tertiary alicyclic amines) is 1. The smallest absolute Gasteiger partial charge is 0.188 e. The van der Waals surface area contributed by atoms with Gasteiger partial charge in [-0.3, -0.25) is 9.89 Å². The summed E-state index contributed by atoms with van der Waals surface area (Å²) in [5.74, 6) is 0.621. The minimum atomic E-state index is 0.599. The van der Waals surface area contributed by atoms with Crippen LogP contribution in [0.4, 0.5) is 0 Å². The van der Waals surface area contributed by atoms with Crippen molar-refractivity contribution >= 4 is 5.96 Å². The van der Waals surface area contributed by atoms with E-state index in [1.54, 1.807) is 0 Å². The lowest BCUT2D eigenvalue weighted by Crippen LogP contribution is -2.36. The van der Waals surface area contributed by atoms with Gasteiger partial charge in [0.25, 0.3) is 0 Å². The second-order valence-electron chi connectivity index (χ2n) is 6.65. The third kappa shape index (κ3) is 8.59. The van der Waals surface area contributed by atoms with E-state index in [4.69, 9.17) is 5.73 Å². The van der Waals surface area contributed by atoms with Crippen molar-refractivity contribution in [2.24, 2.45) is 10.7 Å². The lowest BCUT2D eigenvalue weighted by molar-refractivity contribution is 0.273. The molecule has 0 aromatic heterocycles. The third-order valence-electron chi connectivity index (χ3n) is 4.47. The number of aliphatic imine (C=N–C) groups is 1. The van der Waals surface area contributed by atoms with E-state index < -0.39 is 0 Å². The Morgan fingerprint density at radius 2 is 1.95 bits per heavy atom. The SMILES string of the molecule is CCN1CCCC1CN=C(N)NCCCCCCCN(C)C. The highest BCUT2D eigenvalue weighted by Gasteiger charge is 2.22. The molecule has 0 aromatic rings. The van der Waals surface area contributed by atoms with E-state index in [1.807, 2.05) is 0 Å². The molecule has 0 aliphatic carbocycles. The van der Waals surface area contributed by atoms with Gasteiger partial charge in [-0.25, -0.2) is 0 Å². The molecule has 0 radical (unpaired) electrons. The van der Waals surface area contributed by atoms with E-state index in [2.05, 4.69) is 41.1 Å². The molecule has 1 saturated heterocycles. The molecule has 1 aliphatic rings. The summed E-state index contributed by atoms with van der Waals surface area (Å²) in [4.78, 5) is 9.26. The number of rotatable bonds is 11. The summed E-state index contributed by atoms with van der Waals surface area (Å²) in [5.41, 5.74) is 5.95. The first-order valence-corrected chi connectivity index (χ1v) is 9.06. The quantitative estimate of drug-likeness (QED) is 0.347. The van der Waals surface area contributed by atoms with Crippen molar-refractivity contribution in [2.45, 2.75) is 57.9 Å². The summed E-state index contributed by atoms with van der Waals surface area (Å²) in [5, 5.41) is 3.25. The summed E-state index contributed by atoms with van der Waals surface area (Å²) in [6, 6.07) is 0.599. The van der Waals surface area contributed by atoms with Gasteiger partial charge in [0.15, 0.2) is 5.96 Å². The minimum absolute atomic E-state index is 0.599. The van der Waals surface area contributed by atoms with Crippen molar-refractivity contribution in [1.29, 1.82) is 0 Å². The maximum absolute atomic E-state index is 5.95. The molecule has 0 saturated carbocycles. The first-order valence-electron chi connectivity index (χ1n) is 9.06. The molecule has 130 valence electrons. The van der Waals surface area contributed by atoms with Crippen LogP contribution in [0.15, 0.2) is 4.99 Å². The fraction of sp³-hybridized carbons (Fsp3) is 0.941. The zero-order chi connectivity index (χ0) is 16.2. The van der Waals surface area contributed by atoms with Crippen molar-refractivity contribution in [1.82, 2.24) is 15.1 Å². The van der Waals surface area contributed by atoms with Gasteiger partial charge in [-0.05, 0) is 59.4 Å². The molecule has 1 rings (SSSR count). The Bertz CT molecular complexity index is 303. The van der Waals surface area contributed by atoms with Crippen LogP contribution in [0.5, 0.6) is 0 Å². The monoisotopic (exact) mass is 311 g/mol. The molecule has 0 bridgehead atoms. The van der Waals surface area contributed by atoms with Gasteiger partial charge < -0.3 is 16.0 Å². The van der Waals surface area contributed by atoms with Crippen LogP contribution in [0.2, 0.25) is 0 Å². The zero-order valence-electron chi connectivity index (χ0n) is 15.0. The Morgan fingerprint density at radius 1 is 1.23 bits per heavy atom. The summed E-state index contributed by atoms with van der Waals surface area (Å²) >= 11 is 0. The summed E-state index contributed by atoms with van der Waals surface area (Å²) in [6.07, 6.45) is 8.98. The predicted molar refractivity (Wildman–Crippen MR) is 96.4 cm³/mol. The molecule has 1 atom stereocenters. The Balaban J connectivity index is 1.98.